The molecule has 5 aromatic rings. The summed E-state index contributed by atoms with van der Waals surface area (Å²) in [5.41, 5.74) is 10.9. The van der Waals surface area contributed by atoms with Crippen LogP contribution in [0.5, 0.6) is 0 Å². The van der Waals surface area contributed by atoms with Crippen molar-refractivity contribution in [2.24, 2.45) is 0 Å². The third kappa shape index (κ3) is 4.17. The Morgan fingerprint density at radius 2 is 1.68 bits per heavy atom. The summed E-state index contributed by atoms with van der Waals surface area (Å²) in [7, 11) is 0. The number of rotatable bonds is 5. The van der Waals surface area contributed by atoms with Crippen molar-refractivity contribution in [2.45, 2.75) is 33.2 Å². The van der Waals surface area contributed by atoms with Gasteiger partial charge >= 0.3 is 0 Å². The molecule has 3 nitrogen and oxygen atoms in total. The number of aromatic nitrogens is 1. The van der Waals surface area contributed by atoms with Gasteiger partial charge in [0.05, 0.1) is 11.7 Å². The summed E-state index contributed by atoms with van der Waals surface area (Å²) in [6.45, 7) is 10.9. The smallest absolute Gasteiger partial charge is 0.141 e. The van der Waals surface area contributed by atoms with Gasteiger partial charge in [-0.05, 0) is 49.6 Å². The summed E-state index contributed by atoms with van der Waals surface area (Å²) >= 11 is 0. The van der Waals surface area contributed by atoms with Crippen LogP contribution >= 0.6 is 0 Å². The van der Waals surface area contributed by atoms with Gasteiger partial charge in [0.1, 0.15) is 11.2 Å². The van der Waals surface area contributed by atoms with E-state index in [-0.39, 0.29) is 6.04 Å². The average molecular weight is 483 g/mol. The number of hydrogen-bond acceptors (Lipinski definition) is 3. The first-order valence-corrected chi connectivity index (χ1v) is 12.7. The van der Waals surface area contributed by atoms with Crippen LogP contribution in [0.3, 0.4) is 0 Å². The van der Waals surface area contributed by atoms with Crippen molar-refractivity contribution in [3.63, 3.8) is 0 Å². The van der Waals surface area contributed by atoms with Crippen molar-refractivity contribution >= 4 is 21.9 Å². The number of pyridine rings is 1. The topological polar surface area (TPSA) is 29.3 Å². The Morgan fingerprint density at radius 1 is 0.892 bits per heavy atom. The van der Waals surface area contributed by atoms with Gasteiger partial charge < -0.3 is 9.32 Å². The van der Waals surface area contributed by atoms with E-state index < -0.39 is 0 Å². The van der Waals surface area contributed by atoms with Gasteiger partial charge in [0.15, 0.2) is 0 Å². The minimum absolute atomic E-state index is 0.00766. The summed E-state index contributed by atoms with van der Waals surface area (Å²) in [5.74, 6) is 0. The third-order valence-corrected chi connectivity index (χ3v) is 7.25. The molecule has 0 saturated heterocycles. The van der Waals surface area contributed by atoms with Crippen molar-refractivity contribution in [1.29, 1.82) is 0 Å². The third-order valence-electron chi connectivity index (χ3n) is 7.25. The molecule has 2 aromatic heterocycles. The molecule has 182 valence electrons. The van der Waals surface area contributed by atoms with E-state index in [1.807, 2.05) is 6.20 Å². The van der Waals surface area contributed by atoms with Gasteiger partial charge in [0.2, 0.25) is 0 Å². The summed E-state index contributed by atoms with van der Waals surface area (Å²) in [6.07, 6.45) is 9.25. The van der Waals surface area contributed by atoms with Crippen molar-refractivity contribution in [3.8, 4) is 11.3 Å². The van der Waals surface area contributed by atoms with Gasteiger partial charge in [-0.2, -0.15) is 0 Å². The van der Waals surface area contributed by atoms with Crippen molar-refractivity contribution in [2.75, 3.05) is 0 Å². The molecule has 1 aliphatic heterocycles. The van der Waals surface area contributed by atoms with E-state index in [1.54, 1.807) is 0 Å². The molecule has 0 saturated carbocycles. The summed E-state index contributed by atoms with van der Waals surface area (Å²) < 4.78 is 6.52. The molecule has 3 heteroatoms. The molecule has 0 N–H and O–H groups in total. The predicted octanol–water partition coefficient (Wildman–Crippen LogP) is 8.84. The number of allylic oxidation sites excluding steroid dienone is 3. The monoisotopic (exact) mass is 482 g/mol. The van der Waals surface area contributed by atoms with E-state index in [0.717, 1.165) is 55.6 Å². The molecular formula is C34H30N2O. The number of aryl methyl sites for hydroxylation is 2. The van der Waals surface area contributed by atoms with E-state index in [0.29, 0.717) is 6.42 Å². The fourth-order valence-corrected chi connectivity index (χ4v) is 5.30. The highest BCUT2D eigenvalue weighted by Crippen LogP contribution is 2.40. The van der Waals surface area contributed by atoms with Crippen LogP contribution in [0, 0.1) is 13.8 Å². The van der Waals surface area contributed by atoms with E-state index in [4.69, 9.17) is 4.42 Å². The molecule has 0 spiro atoms. The largest absolute Gasteiger partial charge is 0.455 e. The lowest BCUT2D eigenvalue weighted by atomic mass is 9.95. The van der Waals surface area contributed by atoms with Crippen molar-refractivity contribution in [3.05, 3.63) is 137 Å². The quantitative estimate of drug-likeness (QED) is 0.251. The second kappa shape index (κ2) is 9.25. The summed E-state index contributed by atoms with van der Waals surface area (Å²) in [6, 6.07) is 25.5. The minimum atomic E-state index is -0.00766. The number of benzene rings is 3. The fraction of sp³-hybridized carbons (Fsp3) is 0.147. The van der Waals surface area contributed by atoms with Gasteiger partial charge in [-0.1, -0.05) is 85.0 Å². The SMILES string of the molecule is C=C(Cc1ccccc1-c1ccc(C)cn1)N1C=CC(C)=CC1c1cccc2c1oc1c(C)cccc12. The fourth-order valence-electron chi connectivity index (χ4n) is 5.30. The zero-order valence-electron chi connectivity index (χ0n) is 21.5. The lowest BCUT2D eigenvalue weighted by molar-refractivity contribution is 0.388. The molecule has 3 aromatic carbocycles. The average Bonchev–Trinajstić information content (AvgIpc) is 3.30. The molecule has 0 aliphatic carbocycles. The van der Waals surface area contributed by atoms with Crippen LogP contribution in [-0.2, 0) is 6.42 Å². The van der Waals surface area contributed by atoms with Crippen LogP contribution in [0.4, 0.5) is 0 Å². The molecule has 1 unspecified atom stereocenters. The van der Waals surface area contributed by atoms with Crippen LogP contribution < -0.4 is 0 Å². The summed E-state index contributed by atoms with van der Waals surface area (Å²) in [5, 5.41) is 2.31. The molecular weight excluding hydrogens is 452 g/mol. The molecule has 6 rings (SSSR count). The molecule has 0 amide bonds. The molecule has 0 bridgehead atoms. The zero-order valence-corrected chi connectivity index (χ0v) is 21.5. The number of fused-ring (bicyclic) bond motifs is 3. The van der Waals surface area contributed by atoms with E-state index >= 15 is 0 Å². The molecule has 3 heterocycles. The van der Waals surface area contributed by atoms with Crippen LogP contribution in [0.2, 0.25) is 0 Å². The van der Waals surface area contributed by atoms with Gasteiger partial charge in [-0.3, -0.25) is 4.98 Å². The van der Waals surface area contributed by atoms with E-state index in [9.17, 15) is 0 Å². The van der Waals surface area contributed by atoms with Gasteiger partial charge in [0, 0.05) is 46.4 Å². The minimum Gasteiger partial charge on any atom is -0.455 e. The predicted molar refractivity (Wildman–Crippen MR) is 153 cm³/mol. The maximum atomic E-state index is 6.52. The maximum absolute atomic E-state index is 6.52. The van der Waals surface area contributed by atoms with Crippen molar-refractivity contribution < 1.29 is 4.42 Å². The first-order chi connectivity index (χ1) is 18.0. The Bertz CT molecular complexity index is 1700. The van der Waals surface area contributed by atoms with Crippen molar-refractivity contribution in [1.82, 2.24) is 9.88 Å². The van der Waals surface area contributed by atoms with Crippen LogP contribution in [0.15, 0.2) is 120 Å². The molecule has 1 aliphatic rings. The lowest BCUT2D eigenvalue weighted by Gasteiger charge is -2.33. The zero-order chi connectivity index (χ0) is 25.5. The van der Waals surface area contributed by atoms with Crippen LogP contribution in [-0.4, -0.2) is 9.88 Å². The van der Waals surface area contributed by atoms with Crippen LogP contribution in [0.1, 0.15) is 35.2 Å². The first-order valence-electron chi connectivity index (χ1n) is 12.7. The number of furan rings is 1. The maximum Gasteiger partial charge on any atom is 0.141 e. The first kappa shape index (κ1) is 23.1. The second-order valence-corrected chi connectivity index (χ2v) is 9.98. The molecule has 0 fully saturated rings. The Balaban J connectivity index is 1.39. The number of hydrogen-bond donors (Lipinski definition) is 0. The standard InChI is InChI=1S/C34H30N2O/c1-22-17-18-36(25(4)20-26-10-5-6-11-27(26)31-16-15-23(2)21-35-31)32(19-22)30-14-8-13-29-28-12-7-9-24(3)33(28)37-34(29)30/h5-19,21,32H,4,20H2,1-3H3. The van der Waals surface area contributed by atoms with E-state index in [2.05, 4.69) is 128 Å². The lowest BCUT2D eigenvalue weighted by Crippen LogP contribution is -2.25. The highest BCUT2D eigenvalue weighted by atomic mass is 16.3. The Labute approximate surface area is 218 Å². The Morgan fingerprint density at radius 3 is 2.49 bits per heavy atom. The number of nitrogens with zero attached hydrogens (tertiary/aromatic N) is 2. The highest BCUT2D eigenvalue weighted by molar-refractivity contribution is 6.07. The molecule has 1 atom stereocenters. The van der Waals surface area contributed by atoms with Gasteiger partial charge in [-0.25, -0.2) is 0 Å². The molecule has 0 radical (unpaired) electrons. The van der Waals surface area contributed by atoms with E-state index in [1.165, 1.54) is 11.1 Å². The Hall–Kier alpha value is -4.37. The Kier molecular flexibility index (Phi) is 5.77. The van der Waals surface area contributed by atoms with Gasteiger partial charge in [-0.15, -0.1) is 0 Å². The van der Waals surface area contributed by atoms with Gasteiger partial charge in [0.25, 0.3) is 0 Å². The second-order valence-electron chi connectivity index (χ2n) is 9.98. The highest BCUT2D eigenvalue weighted by Gasteiger charge is 2.25. The van der Waals surface area contributed by atoms with Crippen LogP contribution in [0.25, 0.3) is 33.2 Å². The number of para-hydroxylation sites is 2. The summed E-state index contributed by atoms with van der Waals surface area (Å²) in [4.78, 5) is 6.96. The normalized spacial score (nSPS) is 15.4. The molecule has 37 heavy (non-hydrogen) atoms.